The Labute approximate surface area is 329 Å². The van der Waals surface area contributed by atoms with Crippen LogP contribution in [0, 0.1) is 29.5 Å². The van der Waals surface area contributed by atoms with Crippen molar-refractivity contribution in [2.24, 2.45) is 23.7 Å². The maximum Gasteiger partial charge on any atom is 0.260 e. The van der Waals surface area contributed by atoms with E-state index < -0.39 is 65.2 Å². The molecule has 2 N–H and O–H groups in total. The molecule has 6 atom stereocenters. The number of aromatic nitrogens is 1. The number of nitrogens with one attached hydrogen (secondary N) is 1. The minimum Gasteiger partial charge on any atom is -0.463 e. The number of fused-ring (bicyclic) bond motifs is 5. The van der Waals surface area contributed by atoms with Gasteiger partial charge < -0.3 is 13.9 Å². The monoisotopic (exact) mass is 782 g/mol. The highest BCUT2D eigenvalue weighted by molar-refractivity contribution is 6.30. The van der Waals surface area contributed by atoms with Gasteiger partial charge in [-0.05, 0) is 109 Å². The van der Waals surface area contributed by atoms with Gasteiger partial charge in [-0.3, -0.25) is 29.5 Å². The fourth-order valence-electron chi connectivity index (χ4n) is 9.60. The Morgan fingerprint density at radius 2 is 1.60 bits per heavy atom. The third-order valence-corrected chi connectivity index (χ3v) is 12.3. The highest BCUT2D eigenvalue weighted by atomic mass is 35.5. The fourth-order valence-corrected chi connectivity index (χ4v) is 9.73. The molecule has 2 aliphatic carbocycles. The maximum absolute atomic E-state index is 15.2. The van der Waals surface area contributed by atoms with Crippen molar-refractivity contribution >= 4 is 57.7 Å². The molecular weight excluding hydrogens is 751 g/mol. The first-order valence-corrected chi connectivity index (χ1v) is 18.9. The number of aliphatic hydroxyl groups excluding tert-OH is 1. The van der Waals surface area contributed by atoms with Gasteiger partial charge in [0.25, 0.3) is 11.8 Å². The topological polar surface area (TPSA) is 146 Å². The van der Waals surface area contributed by atoms with Gasteiger partial charge in [-0.1, -0.05) is 47.5 Å². The summed E-state index contributed by atoms with van der Waals surface area (Å²) in [5.74, 6) is -5.54. The van der Waals surface area contributed by atoms with Crippen LogP contribution < -0.4 is 10.3 Å². The van der Waals surface area contributed by atoms with E-state index in [1.54, 1.807) is 60.7 Å². The second-order valence-electron chi connectivity index (χ2n) is 14.9. The van der Waals surface area contributed by atoms with Crippen LogP contribution in [-0.4, -0.2) is 38.7 Å². The summed E-state index contributed by atoms with van der Waals surface area (Å²) in [6.45, 7) is -0.407. The maximum atomic E-state index is 15.2. The minimum atomic E-state index is -1.60. The Hall–Kier alpha value is -6.37. The van der Waals surface area contributed by atoms with E-state index >= 15 is 4.79 Å². The van der Waals surface area contributed by atoms with Crippen LogP contribution in [0.1, 0.15) is 35.8 Å². The molecular formula is C44H32ClFN4O7. The molecule has 10 rings (SSSR count). The number of hydrogen-bond donors (Lipinski definition) is 2. The number of para-hydroxylation sites is 2. The van der Waals surface area contributed by atoms with E-state index in [1.165, 1.54) is 29.2 Å². The molecule has 3 fully saturated rings. The van der Waals surface area contributed by atoms with E-state index in [0.717, 1.165) is 5.01 Å². The van der Waals surface area contributed by atoms with Crippen molar-refractivity contribution < 1.29 is 37.5 Å². The molecule has 11 nitrogen and oxygen atoms in total. The number of benzene rings is 4. The third kappa shape index (κ3) is 5.24. The number of nitrogens with zero attached hydrogens (tertiary/aromatic N) is 3. The predicted octanol–water partition coefficient (Wildman–Crippen LogP) is 7.56. The number of carbonyl (C=O) groups is 4. The minimum absolute atomic E-state index is 0.0649. The highest BCUT2D eigenvalue weighted by Gasteiger charge is 2.71. The normalized spacial score (nSPS) is 25.5. The number of amides is 4. The van der Waals surface area contributed by atoms with Crippen molar-refractivity contribution in [2.45, 2.75) is 30.8 Å². The summed E-state index contributed by atoms with van der Waals surface area (Å²) in [6.07, 6.45) is 2.20. The van der Waals surface area contributed by atoms with Gasteiger partial charge in [-0.25, -0.2) is 9.37 Å². The van der Waals surface area contributed by atoms with Gasteiger partial charge in [-0.15, -0.1) is 0 Å². The molecule has 2 saturated heterocycles. The van der Waals surface area contributed by atoms with Gasteiger partial charge in [0.2, 0.25) is 17.7 Å². The first kappa shape index (κ1) is 35.1. The summed E-state index contributed by atoms with van der Waals surface area (Å²) in [7, 11) is 0. The highest BCUT2D eigenvalue weighted by Crippen LogP contribution is 2.64. The first-order chi connectivity index (χ1) is 27.7. The lowest BCUT2D eigenvalue weighted by molar-refractivity contribution is -0.138. The molecule has 57 heavy (non-hydrogen) atoms. The summed E-state index contributed by atoms with van der Waals surface area (Å²) in [5.41, 5.74) is 5.25. The molecule has 4 aromatic carbocycles. The Morgan fingerprint density at radius 1 is 0.842 bits per heavy atom. The number of allylic oxidation sites excluding steroid dienone is 2. The number of halogens is 2. The van der Waals surface area contributed by atoms with E-state index in [9.17, 15) is 23.9 Å². The number of carbonyl (C=O) groups excluding carboxylic acids is 4. The summed E-state index contributed by atoms with van der Waals surface area (Å²) in [4.78, 5) is 64.7. The molecule has 1 saturated carbocycles. The number of anilines is 2. The standard InChI is InChI=1S/C44H32ClFN4O7/c45-25-9-7-24(8-10-25)44-33(41(53)50(43(44)55)48-27-13-11-26(46)12-14-27)21-32-30(38(44)36-20-17-29(22-51)56-36)18-19-31-37(32)42(54)49(40(31)52)28-15-5-23(6-16-28)39-47-34-3-1-2-4-35(34)57-39/h1-18,20,31-33,37-38,48,51H,19,21-22H2. The van der Waals surface area contributed by atoms with Crippen LogP contribution in [0.2, 0.25) is 5.02 Å². The molecule has 2 aromatic heterocycles. The van der Waals surface area contributed by atoms with Crippen LogP contribution in [0.25, 0.3) is 22.6 Å². The first-order valence-electron chi connectivity index (χ1n) is 18.6. The van der Waals surface area contributed by atoms with Gasteiger partial charge >= 0.3 is 0 Å². The SMILES string of the molecule is O=C1C2CC3C(=CCC4C(=O)N(c5ccc(-c6nc7ccccc7o6)cc5)C(=O)C43)C(c3ccc(CO)o3)C2(c2ccc(Cl)cc2)C(=O)N1Nc1ccc(F)cc1. The van der Waals surface area contributed by atoms with Gasteiger partial charge in [0.05, 0.1) is 35.0 Å². The van der Waals surface area contributed by atoms with E-state index in [4.69, 9.17) is 20.4 Å². The average Bonchev–Trinajstić information content (AvgIpc) is 3.99. The number of hydrazine groups is 1. The van der Waals surface area contributed by atoms with Gasteiger partial charge in [0.15, 0.2) is 5.58 Å². The summed E-state index contributed by atoms with van der Waals surface area (Å²) in [5, 5.41) is 11.4. The number of hydrogen-bond acceptors (Lipinski definition) is 9. The summed E-state index contributed by atoms with van der Waals surface area (Å²) >= 11 is 6.36. The van der Waals surface area contributed by atoms with Crippen molar-refractivity contribution in [3.8, 4) is 11.5 Å². The Bertz CT molecular complexity index is 2620. The lowest BCUT2D eigenvalue weighted by Crippen LogP contribution is -2.53. The van der Waals surface area contributed by atoms with Crippen molar-refractivity contribution in [1.29, 1.82) is 0 Å². The van der Waals surface area contributed by atoms with Crippen LogP contribution in [0.4, 0.5) is 15.8 Å². The molecule has 284 valence electrons. The largest absolute Gasteiger partial charge is 0.463 e. The van der Waals surface area contributed by atoms with Crippen molar-refractivity contribution in [2.75, 3.05) is 10.3 Å². The molecule has 4 heterocycles. The van der Waals surface area contributed by atoms with Gasteiger partial charge in [0.1, 0.15) is 34.9 Å². The number of oxazole rings is 1. The lowest BCUT2D eigenvalue weighted by Gasteiger charge is -2.49. The number of imide groups is 2. The molecule has 13 heteroatoms. The van der Waals surface area contributed by atoms with Crippen LogP contribution in [0.15, 0.2) is 130 Å². The van der Waals surface area contributed by atoms with Crippen molar-refractivity contribution in [1.82, 2.24) is 9.99 Å². The zero-order valence-corrected chi connectivity index (χ0v) is 30.7. The zero-order chi connectivity index (χ0) is 39.2. The Balaban J connectivity index is 1.07. The van der Waals surface area contributed by atoms with Crippen LogP contribution in [0.3, 0.4) is 0 Å². The number of furan rings is 1. The molecule has 0 radical (unpaired) electrons. The third-order valence-electron chi connectivity index (χ3n) is 12.0. The van der Waals surface area contributed by atoms with E-state index in [-0.39, 0.29) is 24.5 Å². The van der Waals surface area contributed by atoms with Crippen LogP contribution in [0.5, 0.6) is 0 Å². The Kier molecular flexibility index (Phi) is 8.06. The molecule has 4 amide bonds. The van der Waals surface area contributed by atoms with Gasteiger partial charge in [0, 0.05) is 10.6 Å². The van der Waals surface area contributed by atoms with E-state index in [0.29, 0.717) is 55.8 Å². The Morgan fingerprint density at radius 3 is 2.32 bits per heavy atom. The zero-order valence-electron chi connectivity index (χ0n) is 30.0. The molecule has 0 bridgehead atoms. The van der Waals surface area contributed by atoms with Crippen LogP contribution >= 0.6 is 11.6 Å². The van der Waals surface area contributed by atoms with E-state index in [2.05, 4.69) is 10.4 Å². The van der Waals surface area contributed by atoms with Gasteiger partial charge in [-0.2, -0.15) is 5.01 Å². The number of aliphatic hydroxyl groups is 1. The molecule has 2 aliphatic heterocycles. The quantitative estimate of drug-likeness (QED) is 0.124. The molecule has 6 aromatic rings. The summed E-state index contributed by atoms with van der Waals surface area (Å²) in [6, 6.07) is 29.6. The van der Waals surface area contributed by atoms with Crippen molar-refractivity contribution in [3.05, 3.63) is 149 Å². The molecule has 0 spiro atoms. The fraction of sp³-hybridized carbons (Fsp3) is 0.205. The van der Waals surface area contributed by atoms with Crippen molar-refractivity contribution in [3.63, 3.8) is 0 Å². The second-order valence-corrected chi connectivity index (χ2v) is 15.3. The average molecular weight is 783 g/mol. The number of rotatable bonds is 7. The molecule has 4 aliphatic rings. The molecule has 6 unspecified atom stereocenters. The second kappa shape index (κ2) is 13.1. The summed E-state index contributed by atoms with van der Waals surface area (Å²) < 4.78 is 26.1. The predicted molar refractivity (Wildman–Crippen MR) is 206 cm³/mol. The van der Waals surface area contributed by atoms with E-state index in [1.807, 2.05) is 30.3 Å². The smallest absolute Gasteiger partial charge is 0.260 e. The van der Waals surface area contributed by atoms with Crippen LogP contribution in [-0.2, 0) is 31.2 Å². The lowest BCUT2D eigenvalue weighted by atomic mass is 9.50.